The van der Waals surface area contributed by atoms with Crippen molar-refractivity contribution in [3.05, 3.63) is 34.4 Å². The number of aromatic amines is 1. The molecule has 1 heterocycles. The summed E-state index contributed by atoms with van der Waals surface area (Å²) in [4.78, 5) is 15.1. The molecule has 0 saturated carbocycles. The number of ether oxygens (including phenoxy) is 1. The Hall–Kier alpha value is -1.29. The smallest absolute Gasteiger partial charge is 0.340 e. The molecule has 1 aromatic heterocycles. The van der Waals surface area contributed by atoms with Crippen molar-refractivity contribution in [2.24, 2.45) is 0 Å². The van der Waals surface area contributed by atoms with Gasteiger partial charge in [-0.1, -0.05) is 22.0 Å². The predicted octanol–water partition coefficient (Wildman–Crippen LogP) is 3.89. The van der Waals surface area contributed by atoms with E-state index in [1.54, 1.807) is 6.20 Å². The second-order valence-corrected chi connectivity index (χ2v) is 5.72. The van der Waals surface area contributed by atoms with E-state index in [1.807, 2.05) is 39.0 Å². The topological polar surface area (TPSA) is 42.1 Å². The summed E-state index contributed by atoms with van der Waals surface area (Å²) in [6.45, 7) is 5.57. The quantitative estimate of drug-likeness (QED) is 0.811. The Morgan fingerprint density at radius 2 is 2.06 bits per heavy atom. The Morgan fingerprint density at radius 3 is 2.71 bits per heavy atom. The van der Waals surface area contributed by atoms with Crippen LogP contribution in [0.4, 0.5) is 0 Å². The molecule has 0 aliphatic carbocycles. The number of fused-ring (bicyclic) bond motifs is 1. The molecule has 2 rings (SSSR count). The average Bonchev–Trinajstić information content (AvgIpc) is 2.60. The van der Waals surface area contributed by atoms with Crippen molar-refractivity contribution >= 4 is 32.8 Å². The molecule has 0 saturated heterocycles. The van der Waals surface area contributed by atoms with Crippen LogP contribution in [0.3, 0.4) is 0 Å². The molecule has 0 amide bonds. The van der Waals surface area contributed by atoms with E-state index in [9.17, 15) is 4.79 Å². The maximum atomic E-state index is 12.0. The van der Waals surface area contributed by atoms with Crippen molar-refractivity contribution in [1.82, 2.24) is 4.98 Å². The highest BCUT2D eigenvalue weighted by Crippen LogP contribution is 2.28. The van der Waals surface area contributed by atoms with Gasteiger partial charge in [-0.2, -0.15) is 0 Å². The van der Waals surface area contributed by atoms with Crippen LogP contribution < -0.4 is 0 Å². The Kier molecular flexibility index (Phi) is 3.00. The lowest BCUT2D eigenvalue weighted by molar-refractivity contribution is 0.00719. The summed E-state index contributed by atoms with van der Waals surface area (Å²) in [6.07, 6.45) is 1.68. The minimum Gasteiger partial charge on any atom is -0.456 e. The summed E-state index contributed by atoms with van der Waals surface area (Å²) in [7, 11) is 0. The third-order valence-electron chi connectivity index (χ3n) is 2.27. The lowest BCUT2D eigenvalue weighted by Crippen LogP contribution is -2.23. The van der Waals surface area contributed by atoms with Crippen LogP contribution in [0.15, 0.2) is 28.9 Å². The highest BCUT2D eigenvalue weighted by atomic mass is 79.9. The van der Waals surface area contributed by atoms with Crippen LogP contribution in [0.25, 0.3) is 10.9 Å². The van der Waals surface area contributed by atoms with E-state index in [0.717, 1.165) is 15.4 Å². The van der Waals surface area contributed by atoms with Crippen LogP contribution in [0.5, 0.6) is 0 Å². The first-order valence-electron chi connectivity index (χ1n) is 5.37. The van der Waals surface area contributed by atoms with Gasteiger partial charge in [0.15, 0.2) is 0 Å². The number of benzene rings is 1. The molecule has 4 heteroatoms. The molecular formula is C13H14BrNO2. The van der Waals surface area contributed by atoms with E-state index < -0.39 is 5.60 Å². The molecule has 0 fully saturated rings. The zero-order valence-corrected chi connectivity index (χ0v) is 11.6. The van der Waals surface area contributed by atoms with E-state index in [0.29, 0.717) is 5.56 Å². The summed E-state index contributed by atoms with van der Waals surface area (Å²) in [6, 6.07) is 5.75. The van der Waals surface area contributed by atoms with E-state index in [1.165, 1.54) is 0 Å². The zero-order chi connectivity index (χ0) is 12.6. The predicted molar refractivity (Wildman–Crippen MR) is 71.2 cm³/mol. The molecule has 0 bridgehead atoms. The lowest BCUT2D eigenvalue weighted by atomic mass is 10.1. The van der Waals surface area contributed by atoms with E-state index in [-0.39, 0.29) is 5.97 Å². The lowest BCUT2D eigenvalue weighted by Gasteiger charge is -2.19. The number of carbonyl (C=O) groups is 1. The first kappa shape index (κ1) is 12.2. The van der Waals surface area contributed by atoms with E-state index in [4.69, 9.17) is 4.74 Å². The van der Waals surface area contributed by atoms with Crippen molar-refractivity contribution in [2.75, 3.05) is 0 Å². The number of rotatable bonds is 1. The summed E-state index contributed by atoms with van der Waals surface area (Å²) in [5.74, 6) is -0.310. The molecular weight excluding hydrogens is 282 g/mol. The van der Waals surface area contributed by atoms with Crippen LogP contribution in [0, 0.1) is 0 Å². The Labute approximate surface area is 108 Å². The second-order valence-electron chi connectivity index (χ2n) is 4.87. The van der Waals surface area contributed by atoms with Gasteiger partial charge in [-0.15, -0.1) is 0 Å². The Bertz CT molecular complexity index is 566. The third-order valence-corrected chi connectivity index (χ3v) is 2.93. The Balaban J connectivity index is 2.46. The van der Waals surface area contributed by atoms with Gasteiger partial charge in [0, 0.05) is 21.6 Å². The SMILES string of the molecule is CC(C)(C)OC(=O)c1c[nH]c2cccc(Br)c12. The van der Waals surface area contributed by atoms with Crippen molar-refractivity contribution < 1.29 is 9.53 Å². The standard InChI is InChI=1S/C13H14BrNO2/c1-13(2,3)17-12(16)8-7-15-10-6-4-5-9(14)11(8)10/h4-7,15H,1-3H3. The molecule has 0 aliphatic heterocycles. The molecule has 0 radical (unpaired) electrons. The normalized spacial score (nSPS) is 11.8. The van der Waals surface area contributed by atoms with Gasteiger partial charge in [0.05, 0.1) is 5.56 Å². The van der Waals surface area contributed by atoms with Gasteiger partial charge in [0.1, 0.15) is 5.60 Å². The maximum absolute atomic E-state index is 12.0. The molecule has 0 aliphatic rings. The molecule has 3 nitrogen and oxygen atoms in total. The number of halogens is 1. The van der Waals surface area contributed by atoms with Crippen LogP contribution in [0.2, 0.25) is 0 Å². The van der Waals surface area contributed by atoms with Crippen molar-refractivity contribution in [1.29, 1.82) is 0 Å². The van der Waals surface area contributed by atoms with Crippen molar-refractivity contribution in [2.45, 2.75) is 26.4 Å². The largest absolute Gasteiger partial charge is 0.456 e. The van der Waals surface area contributed by atoms with Gasteiger partial charge in [0.25, 0.3) is 0 Å². The number of H-pyrrole nitrogens is 1. The molecule has 2 aromatic rings. The molecule has 1 N–H and O–H groups in total. The first-order valence-corrected chi connectivity index (χ1v) is 6.17. The van der Waals surface area contributed by atoms with Gasteiger partial charge in [-0.25, -0.2) is 4.79 Å². The fourth-order valence-electron chi connectivity index (χ4n) is 1.63. The molecule has 1 aromatic carbocycles. The highest BCUT2D eigenvalue weighted by Gasteiger charge is 2.21. The van der Waals surface area contributed by atoms with Gasteiger partial charge in [-0.3, -0.25) is 0 Å². The van der Waals surface area contributed by atoms with Crippen molar-refractivity contribution in [3.63, 3.8) is 0 Å². The van der Waals surface area contributed by atoms with Gasteiger partial charge in [0.2, 0.25) is 0 Å². The third kappa shape index (κ3) is 2.52. The number of carbonyl (C=O) groups excluding carboxylic acids is 1. The average molecular weight is 296 g/mol. The fourth-order valence-corrected chi connectivity index (χ4v) is 2.21. The monoisotopic (exact) mass is 295 g/mol. The Morgan fingerprint density at radius 1 is 1.35 bits per heavy atom. The second kappa shape index (κ2) is 4.18. The number of hydrogen-bond acceptors (Lipinski definition) is 2. The fraction of sp³-hybridized carbons (Fsp3) is 0.308. The van der Waals surface area contributed by atoms with Crippen LogP contribution in [0.1, 0.15) is 31.1 Å². The molecule has 0 spiro atoms. The molecule has 17 heavy (non-hydrogen) atoms. The van der Waals surface area contributed by atoms with Crippen molar-refractivity contribution in [3.8, 4) is 0 Å². The zero-order valence-electron chi connectivity index (χ0n) is 10.0. The summed E-state index contributed by atoms with van der Waals surface area (Å²) < 4.78 is 6.25. The molecule has 90 valence electrons. The minimum absolute atomic E-state index is 0.310. The number of esters is 1. The highest BCUT2D eigenvalue weighted by molar-refractivity contribution is 9.10. The number of aromatic nitrogens is 1. The van der Waals surface area contributed by atoms with E-state index >= 15 is 0 Å². The van der Waals surface area contributed by atoms with Crippen LogP contribution in [-0.4, -0.2) is 16.6 Å². The van der Waals surface area contributed by atoms with Crippen LogP contribution >= 0.6 is 15.9 Å². The van der Waals surface area contributed by atoms with Gasteiger partial charge < -0.3 is 9.72 Å². The van der Waals surface area contributed by atoms with Gasteiger partial charge in [-0.05, 0) is 32.9 Å². The summed E-state index contributed by atoms with van der Waals surface area (Å²) in [5.41, 5.74) is 0.990. The number of hydrogen-bond donors (Lipinski definition) is 1. The first-order chi connectivity index (χ1) is 7.88. The van der Waals surface area contributed by atoms with Gasteiger partial charge >= 0.3 is 5.97 Å². The summed E-state index contributed by atoms with van der Waals surface area (Å²) >= 11 is 3.45. The number of nitrogens with one attached hydrogen (secondary N) is 1. The van der Waals surface area contributed by atoms with Crippen LogP contribution in [-0.2, 0) is 4.74 Å². The summed E-state index contributed by atoms with van der Waals surface area (Å²) in [5, 5.41) is 0.863. The minimum atomic E-state index is -0.484. The molecule has 0 unspecified atom stereocenters. The van der Waals surface area contributed by atoms with E-state index in [2.05, 4.69) is 20.9 Å². The molecule has 0 atom stereocenters. The maximum Gasteiger partial charge on any atom is 0.340 e.